The number of phenols is 1. The second-order valence-electron chi connectivity index (χ2n) is 5.75. The molecule has 2 nitrogen and oxygen atoms in total. The quantitative estimate of drug-likeness (QED) is 0.787. The lowest BCUT2D eigenvalue weighted by Gasteiger charge is -2.23. The Morgan fingerprint density at radius 1 is 1.18 bits per heavy atom. The first kappa shape index (κ1) is 14.0. The molecule has 0 saturated heterocycles. The molecule has 0 amide bonds. The van der Waals surface area contributed by atoms with Crippen LogP contribution in [0, 0.1) is 6.92 Å². The number of aryl methyl sites for hydroxylation is 1. The van der Waals surface area contributed by atoms with Gasteiger partial charge in [-0.25, -0.2) is 0 Å². The van der Waals surface area contributed by atoms with Gasteiger partial charge in [-0.2, -0.15) is 0 Å². The number of unbranched alkanes of at least 4 members (excludes halogenated alkanes) is 1. The topological polar surface area (TPSA) is 46.2 Å². The van der Waals surface area contributed by atoms with Gasteiger partial charge in [-0.05, 0) is 54.8 Å². The van der Waals surface area contributed by atoms with Gasteiger partial charge in [0.1, 0.15) is 5.75 Å². The van der Waals surface area contributed by atoms with Crippen molar-refractivity contribution in [3.8, 4) is 5.75 Å². The zero-order valence-electron chi connectivity index (χ0n) is 11.5. The lowest BCUT2D eigenvalue weighted by molar-refractivity contribution is 0.438. The van der Waals surface area contributed by atoms with E-state index in [-0.39, 0.29) is 5.41 Å². The Balaban J connectivity index is 3.03. The third-order valence-corrected chi connectivity index (χ3v) is 3.21. The molecule has 0 bridgehead atoms. The summed E-state index contributed by atoms with van der Waals surface area (Å²) in [7, 11) is 0. The molecule has 0 fully saturated rings. The van der Waals surface area contributed by atoms with Crippen molar-refractivity contribution in [2.75, 3.05) is 6.54 Å². The Morgan fingerprint density at radius 2 is 1.82 bits per heavy atom. The lowest BCUT2D eigenvalue weighted by atomic mass is 9.83. The zero-order chi connectivity index (χ0) is 13.1. The van der Waals surface area contributed by atoms with Crippen molar-refractivity contribution in [3.63, 3.8) is 0 Å². The summed E-state index contributed by atoms with van der Waals surface area (Å²) in [5, 5.41) is 10.4. The summed E-state index contributed by atoms with van der Waals surface area (Å²) < 4.78 is 0. The maximum absolute atomic E-state index is 10.4. The van der Waals surface area contributed by atoms with Crippen molar-refractivity contribution in [1.82, 2.24) is 0 Å². The first-order valence-corrected chi connectivity index (χ1v) is 6.40. The van der Waals surface area contributed by atoms with Gasteiger partial charge in [0.25, 0.3) is 0 Å². The van der Waals surface area contributed by atoms with Crippen LogP contribution in [-0.2, 0) is 11.8 Å². The largest absolute Gasteiger partial charge is 0.507 e. The summed E-state index contributed by atoms with van der Waals surface area (Å²) in [6.45, 7) is 9.16. The van der Waals surface area contributed by atoms with E-state index >= 15 is 0 Å². The van der Waals surface area contributed by atoms with Crippen LogP contribution in [0.1, 0.15) is 50.3 Å². The second kappa shape index (κ2) is 5.54. The molecule has 0 saturated carbocycles. The average Bonchev–Trinajstić information content (AvgIpc) is 2.21. The SMILES string of the molecule is Cc1ccc(C(C)(C)C)c(O)c1CCCCN. The van der Waals surface area contributed by atoms with Crippen molar-refractivity contribution in [2.24, 2.45) is 5.73 Å². The molecule has 1 rings (SSSR count). The molecule has 0 atom stereocenters. The summed E-state index contributed by atoms with van der Waals surface area (Å²) >= 11 is 0. The van der Waals surface area contributed by atoms with Gasteiger partial charge >= 0.3 is 0 Å². The number of rotatable bonds is 4. The highest BCUT2D eigenvalue weighted by Gasteiger charge is 2.20. The fourth-order valence-corrected chi connectivity index (χ4v) is 2.10. The van der Waals surface area contributed by atoms with Gasteiger partial charge in [0, 0.05) is 0 Å². The maximum atomic E-state index is 10.4. The molecule has 0 heterocycles. The minimum atomic E-state index is -0.0135. The summed E-state index contributed by atoms with van der Waals surface area (Å²) in [5.74, 6) is 0.481. The van der Waals surface area contributed by atoms with E-state index in [1.807, 2.05) is 6.07 Å². The van der Waals surface area contributed by atoms with Crippen LogP contribution in [0.25, 0.3) is 0 Å². The first-order valence-electron chi connectivity index (χ1n) is 6.40. The van der Waals surface area contributed by atoms with Crippen molar-refractivity contribution in [2.45, 2.75) is 52.4 Å². The van der Waals surface area contributed by atoms with E-state index in [2.05, 4.69) is 33.8 Å². The van der Waals surface area contributed by atoms with Crippen LogP contribution >= 0.6 is 0 Å². The Bertz CT molecular complexity index is 377. The number of nitrogens with two attached hydrogens (primary N) is 1. The molecule has 1 aromatic carbocycles. The Kier molecular flexibility index (Phi) is 4.58. The standard InChI is InChI=1S/C15H25NO/c1-11-8-9-13(15(2,3)4)14(17)12(11)7-5-6-10-16/h8-9,17H,5-7,10,16H2,1-4H3. The highest BCUT2D eigenvalue weighted by atomic mass is 16.3. The minimum Gasteiger partial charge on any atom is -0.507 e. The van der Waals surface area contributed by atoms with Crippen LogP contribution in [0.15, 0.2) is 12.1 Å². The summed E-state index contributed by atoms with van der Waals surface area (Å²) in [4.78, 5) is 0. The number of hydrogen-bond acceptors (Lipinski definition) is 2. The average molecular weight is 235 g/mol. The van der Waals surface area contributed by atoms with Gasteiger partial charge < -0.3 is 10.8 Å². The molecular weight excluding hydrogens is 210 g/mol. The molecule has 2 heteroatoms. The molecule has 0 aliphatic rings. The molecule has 0 unspecified atom stereocenters. The first-order chi connectivity index (χ1) is 7.88. The van der Waals surface area contributed by atoms with Gasteiger partial charge in [0.15, 0.2) is 0 Å². The highest BCUT2D eigenvalue weighted by Crippen LogP contribution is 2.35. The minimum absolute atomic E-state index is 0.0135. The van der Waals surface area contributed by atoms with Crippen molar-refractivity contribution >= 4 is 0 Å². The van der Waals surface area contributed by atoms with E-state index in [4.69, 9.17) is 5.73 Å². The summed E-state index contributed by atoms with van der Waals surface area (Å²) in [6.07, 6.45) is 2.97. The molecular formula is C15H25NO. The molecule has 0 aliphatic heterocycles. The maximum Gasteiger partial charge on any atom is 0.122 e. The molecule has 0 aromatic heterocycles. The molecule has 0 aliphatic carbocycles. The van der Waals surface area contributed by atoms with Crippen molar-refractivity contribution in [3.05, 3.63) is 28.8 Å². The number of phenolic OH excluding ortho intramolecular Hbond substituents is 1. The molecule has 0 spiro atoms. The van der Waals surface area contributed by atoms with E-state index in [0.29, 0.717) is 5.75 Å². The van der Waals surface area contributed by atoms with Gasteiger partial charge in [0.2, 0.25) is 0 Å². The van der Waals surface area contributed by atoms with Crippen LogP contribution in [0.3, 0.4) is 0 Å². The Morgan fingerprint density at radius 3 is 2.35 bits per heavy atom. The van der Waals surface area contributed by atoms with Crippen molar-refractivity contribution in [1.29, 1.82) is 0 Å². The molecule has 3 N–H and O–H groups in total. The predicted molar refractivity (Wildman–Crippen MR) is 73.5 cm³/mol. The second-order valence-corrected chi connectivity index (χ2v) is 5.75. The van der Waals surface area contributed by atoms with Gasteiger partial charge in [-0.1, -0.05) is 32.9 Å². The van der Waals surface area contributed by atoms with Gasteiger partial charge in [0.05, 0.1) is 0 Å². The molecule has 0 radical (unpaired) electrons. The van der Waals surface area contributed by atoms with E-state index in [1.165, 1.54) is 5.56 Å². The molecule has 96 valence electrons. The zero-order valence-corrected chi connectivity index (χ0v) is 11.5. The van der Waals surface area contributed by atoms with E-state index in [9.17, 15) is 5.11 Å². The van der Waals surface area contributed by atoms with Crippen LogP contribution in [0.5, 0.6) is 5.75 Å². The van der Waals surface area contributed by atoms with Gasteiger partial charge in [-0.3, -0.25) is 0 Å². The molecule has 17 heavy (non-hydrogen) atoms. The smallest absolute Gasteiger partial charge is 0.122 e. The predicted octanol–water partition coefficient (Wildman–Crippen LogP) is 3.28. The van der Waals surface area contributed by atoms with E-state index < -0.39 is 0 Å². The van der Waals surface area contributed by atoms with Crippen LogP contribution in [-0.4, -0.2) is 11.7 Å². The van der Waals surface area contributed by atoms with Crippen LogP contribution in [0.4, 0.5) is 0 Å². The third kappa shape index (κ3) is 3.47. The Labute approximate surface area is 105 Å². The number of hydrogen-bond donors (Lipinski definition) is 2. The summed E-state index contributed by atoms with van der Waals surface area (Å²) in [5.41, 5.74) is 8.79. The van der Waals surface area contributed by atoms with Gasteiger partial charge in [-0.15, -0.1) is 0 Å². The monoisotopic (exact) mass is 235 g/mol. The number of benzene rings is 1. The molecule has 1 aromatic rings. The van der Waals surface area contributed by atoms with E-state index in [1.54, 1.807) is 0 Å². The van der Waals surface area contributed by atoms with Crippen LogP contribution in [0.2, 0.25) is 0 Å². The number of aromatic hydroxyl groups is 1. The van der Waals surface area contributed by atoms with Crippen molar-refractivity contribution < 1.29 is 5.11 Å². The fourth-order valence-electron chi connectivity index (χ4n) is 2.10. The Hall–Kier alpha value is -1.02. The lowest BCUT2D eigenvalue weighted by Crippen LogP contribution is -2.12. The normalized spacial score (nSPS) is 11.8. The highest BCUT2D eigenvalue weighted by molar-refractivity contribution is 5.48. The van der Waals surface area contributed by atoms with E-state index in [0.717, 1.165) is 36.9 Å². The van der Waals surface area contributed by atoms with Crippen LogP contribution < -0.4 is 5.73 Å². The summed E-state index contributed by atoms with van der Waals surface area (Å²) in [6, 6.07) is 4.15. The third-order valence-electron chi connectivity index (χ3n) is 3.21. The fraction of sp³-hybridized carbons (Fsp3) is 0.600.